The van der Waals surface area contributed by atoms with Crippen molar-refractivity contribution in [2.24, 2.45) is 0 Å². The average molecular weight is 241 g/mol. The standard InChI is InChI=1S/C13H27N3O/c1-5-8-14-12-7-10-16(13(12)17)11(2)6-9-15(3)4/h11-12,14H,5-10H2,1-4H3. The molecule has 2 unspecified atom stereocenters. The van der Waals surface area contributed by atoms with Gasteiger partial charge in [0.2, 0.25) is 5.91 Å². The fraction of sp³-hybridized carbons (Fsp3) is 0.923. The molecule has 1 amide bonds. The van der Waals surface area contributed by atoms with E-state index in [0.29, 0.717) is 11.9 Å². The molecule has 4 nitrogen and oxygen atoms in total. The Hall–Kier alpha value is -0.610. The highest BCUT2D eigenvalue weighted by molar-refractivity contribution is 5.84. The molecule has 1 N–H and O–H groups in total. The zero-order valence-electron chi connectivity index (χ0n) is 11.7. The predicted molar refractivity (Wildman–Crippen MR) is 71.0 cm³/mol. The van der Waals surface area contributed by atoms with Crippen molar-refractivity contribution in [3.8, 4) is 0 Å². The van der Waals surface area contributed by atoms with Gasteiger partial charge in [-0.15, -0.1) is 0 Å². The predicted octanol–water partition coefficient (Wildman–Crippen LogP) is 0.927. The van der Waals surface area contributed by atoms with Crippen LogP contribution in [0.25, 0.3) is 0 Å². The molecule has 0 spiro atoms. The molecule has 0 saturated carbocycles. The summed E-state index contributed by atoms with van der Waals surface area (Å²) in [7, 11) is 4.15. The van der Waals surface area contributed by atoms with E-state index < -0.39 is 0 Å². The lowest BCUT2D eigenvalue weighted by Crippen LogP contribution is -2.42. The summed E-state index contributed by atoms with van der Waals surface area (Å²) in [6.07, 6.45) is 3.10. The maximum absolute atomic E-state index is 12.1. The first-order valence-electron chi connectivity index (χ1n) is 6.74. The average Bonchev–Trinajstić information content (AvgIpc) is 2.65. The third-order valence-electron chi connectivity index (χ3n) is 3.41. The fourth-order valence-corrected chi connectivity index (χ4v) is 2.25. The molecule has 1 aliphatic rings. The smallest absolute Gasteiger partial charge is 0.240 e. The third kappa shape index (κ3) is 4.28. The Labute approximate surface area is 105 Å². The lowest BCUT2D eigenvalue weighted by molar-refractivity contribution is -0.131. The Morgan fingerprint density at radius 2 is 2.24 bits per heavy atom. The monoisotopic (exact) mass is 241 g/mol. The van der Waals surface area contributed by atoms with Crippen molar-refractivity contribution in [1.82, 2.24) is 15.1 Å². The van der Waals surface area contributed by atoms with Crippen LogP contribution in [0, 0.1) is 0 Å². The number of carbonyl (C=O) groups excluding carboxylic acids is 1. The molecule has 0 aliphatic carbocycles. The highest BCUT2D eigenvalue weighted by atomic mass is 16.2. The number of amides is 1. The van der Waals surface area contributed by atoms with E-state index in [4.69, 9.17) is 0 Å². The summed E-state index contributed by atoms with van der Waals surface area (Å²) in [6.45, 7) is 7.18. The van der Waals surface area contributed by atoms with E-state index in [1.54, 1.807) is 0 Å². The Balaban J connectivity index is 2.37. The molecular weight excluding hydrogens is 214 g/mol. The van der Waals surface area contributed by atoms with Gasteiger partial charge in [0.05, 0.1) is 6.04 Å². The maximum Gasteiger partial charge on any atom is 0.240 e. The van der Waals surface area contributed by atoms with E-state index in [9.17, 15) is 4.79 Å². The number of nitrogens with zero attached hydrogens (tertiary/aromatic N) is 2. The first kappa shape index (κ1) is 14.5. The van der Waals surface area contributed by atoms with Crippen molar-refractivity contribution in [2.45, 2.75) is 45.2 Å². The van der Waals surface area contributed by atoms with Crippen LogP contribution in [0.5, 0.6) is 0 Å². The largest absolute Gasteiger partial charge is 0.339 e. The molecule has 2 atom stereocenters. The van der Waals surface area contributed by atoms with Gasteiger partial charge in [-0.3, -0.25) is 4.79 Å². The molecule has 1 fully saturated rings. The number of rotatable bonds is 7. The summed E-state index contributed by atoms with van der Waals surface area (Å²) in [5.74, 6) is 0.296. The highest BCUT2D eigenvalue weighted by Gasteiger charge is 2.33. The summed E-state index contributed by atoms with van der Waals surface area (Å²) in [5, 5.41) is 3.33. The zero-order chi connectivity index (χ0) is 12.8. The second-order valence-electron chi connectivity index (χ2n) is 5.27. The van der Waals surface area contributed by atoms with E-state index in [2.05, 4.69) is 38.2 Å². The Bertz CT molecular complexity index is 243. The lowest BCUT2D eigenvalue weighted by atomic mass is 10.2. The minimum Gasteiger partial charge on any atom is -0.339 e. The van der Waals surface area contributed by atoms with Crippen LogP contribution in [0.1, 0.15) is 33.1 Å². The quantitative estimate of drug-likeness (QED) is 0.720. The van der Waals surface area contributed by atoms with Crippen molar-refractivity contribution < 1.29 is 4.79 Å². The third-order valence-corrected chi connectivity index (χ3v) is 3.41. The van der Waals surface area contributed by atoms with Crippen LogP contribution in [0.2, 0.25) is 0 Å². The number of hydrogen-bond donors (Lipinski definition) is 1. The number of likely N-dealkylation sites (tertiary alicyclic amines) is 1. The summed E-state index contributed by atoms with van der Waals surface area (Å²) < 4.78 is 0. The second-order valence-corrected chi connectivity index (χ2v) is 5.27. The maximum atomic E-state index is 12.1. The molecule has 0 bridgehead atoms. The van der Waals surface area contributed by atoms with Crippen LogP contribution in [-0.4, -0.2) is 61.5 Å². The minimum absolute atomic E-state index is 0.0664. The van der Waals surface area contributed by atoms with Gasteiger partial charge in [-0.2, -0.15) is 0 Å². The summed E-state index contributed by atoms with van der Waals surface area (Å²) in [5.41, 5.74) is 0. The number of carbonyl (C=O) groups is 1. The van der Waals surface area contributed by atoms with Crippen LogP contribution in [0.15, 0.2) is 0 Å². The van der Waals surface area contributed by atoms with Gasteiger partial charge in [0.15, 0.2) is 0 Å². The van der Waals surface area contributed by atoms with Crippen LogP contribution in [0.4, 0.5) is 0 Å². The summed E-state index contributed by atoms with van der Waals surface area (Å²) in [6, 6.07) is 0.426. The van der Waals surface area contributed by atoms with Gasteiger partial charge in [-0.05, 0) is 53.4 Å². The zero-order valence-corrected chi connectivity index (χ0v) is 11.7. The van der Waals surface area contributed by atoms with E-state index >= 15 is 0 Å². The van der Waals surface area contributed by atoms with Gasteiger partial charge in [0.25, 0.3) is 0 Å². The second kappa shape index (κ2) is 6.97. The van der Waals surface area contributed by atoms with Gasteiger partial charge >= 0.3 is 0 Å². The Morgan fingerprint density at radius 1 is 1.53 bits per heavy atom. The highest BCUT2D eigenvalue weighted by Crippen LogP contribution is 2.16. The number of hydrogen-bond acceptors (Lipinski definition) is 3. The van der Waals surface area contributed by atoms with Crippen LogP contribution < -0.4 is 5.32 Å². The molecule has 1 saturated heterocycles. The Kier molecular flexibility index (Phi) is 5.92. The first-order valence-corrected chi connectivity index (χ1v) is 6.74. The molecule has 1 rings (SSSR count). The van der Waals surface area contributed by atoms with Gasteiger partial charge in [0.1, 0.15) is 0 Å². The molecule has 0 aromatic rings. The molecule has 1 aliphatic heterocycles. The molecule has 4 heteroatoms. The molecule has 0 radical (unpaired) electrons. The van der Waals surface area contributed by atoms with Crippen molar-refractivity contribution in [3.63, 3.8) is 0 Å². The molecule has 100 valence electrons. The van der Waals surface area contributed by atoms with Gasteiger partial charge < -0.3 is 15.1 Å². The van der Waals surface area contributed by atoms with Crippen molar-refractivity contribution >= 4 is 5.91 Å². The van der Waals surface area contributed by atoms with Gasteiger partial charge in [0, 0.05) is 12.6 Å². The van der Waals surface area contributed by atoms with Crippen LogP contribution in [0.3, 0.4) is 0 Å². The normalized spacial score (nSPS) is 22.5. The van der Waals surface area contributed by atoms with E-state index in [1.165, 1.54) is 0 Å². The minimum atomic E-state index is 0.0664. The SMILES string of the molecule is CCCNC1CCN(C(C)CCN(C)C)C1=O. The van der Waals surface area contributed by atoms with Crippen LogP contribution in [-0.2, 0) is 4.79 Å². The number of nitrogens with one attached hydrogen (secondary N) is 1. The van der Waals surface area contributed by atoms with Crippen molar-refractivity contribution in [3.05, 3.63) is 0 Å². The molecule has 0 aromatic heterocycles. The molecule has 1 heterocycles. The van der Waals surface area contributed by atoms with E-state index in [0.717, 1.165) is 38.9 Å². The van der Waals surface area contributed by atoms with Crippen molar-refractivity contribution in [2.75, 3.05) is 33.7 Å². The molecule has 0 aromatic carbocycles. The van der Waals surface area contributed by atoms with E-state index in [-0.39, 0.29) is 6.04 Å². The van der Waals surface area contributed by atoms with Gasteiger partial charge in [-0.1, -0.05) is 6.92 Å². The molecular formula is C13H27N3O. The van der Waals surface area contributed by atoms with Crippen LogP contribution >= 0.6 is 0 Å². The topological polar surface area (TPSA) is 35.6 Å². The molecule has 17 heavy (non-hydrogen) atoms. The summed E-state index contributed by atoms with van der Waals surface area (Å²) >= 11 is 0. The van der Waals surface area contributed by atoms with E-state index in [1.807, 2.05) is 4.90 Å². The van der Waals surface area contributed by atoms with Gasteiger partial charge in [-0.25, -0.2) is 0 Å². The lowest BCUT2D eigenvalue weighted by Gasteiger charge is -2.26. The summed E-state index contributed by atoms with van der Waals surface area (Å²) in [4.78, 5) is 16.4. The first-order chi connectivity index (χ1) is 8.06. The van der Waals surface area contributed by atoms with Crippen molar-refractivity contribution in [1.29, 1.82) is 0 Å². The fourth-order valence-electron chi connectivity index (χ4n) is 2.25. The Morgan fingerprint density at radius 3 is 2.82 bits per heavy atom.